The monoisotopic (exact) mass is 245 g/mol. The third-order valence-corrected chi connectivity index (χ3v) is 2.83. The van der Waals surface area contributed by atoms with Crippen LogP contribution in [0, 0.1) is 0 Å². The molecule has 0 saturated carbocycles. The molecule has 0 spiro atoms. The highest BCUT2D eigenvalue weighted by molar-refractivity contribution is 5.88. The molecule has 3 rings (SSSR count). The van der Waals surface area contributed by atoms with Crippen molar-refractivity contribution in [2.45, 2.75) is 18.9 Å². The van der Waals surface area contributed by atoms with Gasteiger partial charge in [0.25, 0.3) is 5.91 Å². The second-order valence-electron chi connectivity index (χ2n) is 4.03. The zero-order valence-electron chi connectivity index (χ0n) is 9.45. The van der Waals surface area contributed by atoms with E-state index >= 15 is 0 Å². The molecule has 8 nitrogen and oxygen atoms in total. The number of aromatic amines is 1. The van der Waals surface area contributed by atoms with Crippen molar-refractivity contribution in [3.8, 4) is 0 Å². The number of primary amides is 1. The van der Waals surface area contributed by atoms with E-state index in [1.165, 1.54) is 0 Å². The van der Waals surface area contributed by atoms with Crippen molar-refractivity contribution in [2.24, 2.45) is 10.7 Å². The van der Waals surface area contributed by atoms with Crippen LogP contribution in [0.4, 0.5) is 5.82 Å². The van der Waals surface area contributed by atoms with Crippen LogP contribution in [0.2, 0.25) is 0 Å². The van der Waals surface area contributed by atoms with Crippen molar-refractivity contribution >= 4 is 17.9 Å². The third-order valence-electron chi connectivity index (χ3n) is 2.83. The minimum absolute atomic E-state index is 0.00363. The first kappa shape index (κ1) is 10.6. The standard InChI is InChI=1S/C10H11N7O/c11-8(18)10-14-9(15-16-10)6-1-2-17-5-12-4-7(17)13-3-6/h3-6H,1-2H2,(H2,11,18)(H,14,15,16). The molecule has 0 radical (unpaired) electrons. The minimum atomic E-state index is -0.640. The van der Waals surface area contributed by atoms with Crippen molar-refractivity contribution < 1.29 is 4.79 Å². The van der Waals surface area contributed by atoms with Crippen LogP contribution in [0.5, 0.6) is 0 Å². The summed E-state index contributed by atoms with van der Waals surface area (Å²) in [6.45, 7) is 0.784. The lowest BCUT2D eigenvalue weighted by molar-refractivity contribution is 0.0991. The van der Waals surface area contributed by atoms with Gasteiger partial charge in [0.2, 0.25) is 5.82 Å². The molecule has 92 valence electrons. The molecule has 18 heavy (non-hydrogen) atoms. The van der Waals surface area contributed by atoms with Crippen molar-refractivity contribution in [1.29, 1.82) is 0 Å². The third kappa shape index (κ3) is 1.77. The molecular formula is C10H11N7O. The lowest BCUT2D eigenvalue weighted by Gasteiger charge is -2.05. The van der Waals surface area contributed by atoms with Gasteiger partial charge in [-0.1, -0.05) is 0 Å². The number of nitrogens with one attached hydrogen (secondary N) is 1. The summed E-state index contributed by atoms with van der Waals surface area (Å²) in [5.41, 5.74) is 5.11. The number of aliphatic imine (C=N–C) groups is 1. The smallest absolute Gasteiger partial charge is 0.288 e. The first-order valence-corrected chi connectivity index (χ1v) is 5.50. The zero-order chi connectivity index (χ0) is 12.5. The van der Waals surface area contributed by atoms with Gasteiger partial charge in [-0.15, -0.1) is 5.10 Å². The number of nitrogens with two attached hydrogens (primary N) is 1. The summed E-state index contributed by atoms with van der Waals surface area (Å²) >= 11 is 0. The average Bonchev–Trinajstić information content (AvgIpc) is 2.96. The number of fused-ring (bicyclic) bond motifs is 1. The number of aromatic nitrogens is 5. The number of aryl methyl sites for hydroxylation is 1. The van der Waals surface area contributed by atoms with Gasteiger partial charge in [-0.25, -0.2) is 15.0 Å². The number of carbonyl (C=O) groups is 1. The summed E-state index contributed by atoms with van der Waals surface area (Å²) in [4.78, 5) is 23.4. The van der Waals surface area contributed by atoms with Gasteiger partial charge in [0.15, 0.2) is 5.82 Å². The Balaban J connectivity index is 1.85. The molecule has 3 N–H and O–H groups in total. The Hall–Kier alpha value is -2.51. The van der Waals surface area contributed by atoms with Crippen LogP contribution in [0.1, 0.15) is 28.8 Å². The van der Waals surface area contributed by atoms with Crippen LogP contribution in [0.25, 0.3) is 0 Å². The van der Waals surface area contributed by atoms with Crippen molar-refractivity contribution in [2.75, 3.05) is 0 Å². The van der Waals surface area contributed by atoms with Gasteiger partial charge in [0.1, 0.15) is 5.82 Å². The highest BCUT2D eigenvalue weighted by atomic mass is 16.1. The molecule has 3 heterocycles. The predicted molar refractivity (Wildman–Crippen MR) is 62.6 cm³/mol. The maximum absolute atomic E-state index is 10.9. The molecule has 0 fully saturated rings. The molecule has 8 heteroatoms. The Kier molecular flexibility index (Phi) is 2.40. The fraction of sp³-hybridized carbons (Fsp3) is 0.300. The van der Waals surface area contributed by atoms with E-state index in [1.807, 2.05) is 4.57 Å². The quantitative estimate of drug-likeness (QED) is 0.774. The topological polar surface area (TPSA) is 115 Å². The van der Waals surface area contributed by atoms with Crippen molar-refractivity contribution in [3.63, 3.8) is 0 Å². The van der Waals surface area contributed by atoms with Crippen molar-refractivity contribution in [1.82, 2.24) is 24.7 Å². The van der Waals surface area contributed by atoms with Crippen LogP contribution in [-0.4, -0.2) is 36.9 Å². The van der Waals surface area contributed by atoms with E-state index in [2.05, 4.69) is 25.2 Å². The van der Waals surface area contributed by atoms with E-state index in [0.717, 1.165) is 18.8 Å². The van der Waals surface area contributed by atoms with Gasteiger partial charge < -0.3 is 10.3 Å². The highest BCUT2D eigenvalue weighted by Crippen LogP contribution is 2.22. The summed E-state index contributed by atoms with van der Waals surface area (Å²) in [6.07, 6.45) is 6.03. The normalized spacial score (nSPS) is 18.3. The van der Waals surface area contributed by atoms with Crippen molar-refractivity contribution in [3.05, 3.63) is 24.2 Å². The molecule has 2 aromatic rings. The Bertz CT molecular complexity index is 611. The number of imidazole rings is 1. The van der Waals surface area contributed by atoms with Crippen LogP contribution in [0.3, 0.4) is 0 Å². The van der Waals surface area contributed by atoms with E-state index in [1.54, 1.807) is 18.7 Å². The number of hydrogen-bond donors (Lipinski definition) is 2. The summed E-state index contributed by atoms with van der Waals surface area (Å²) in [6, 6.07) is 0. The largest absolute Gasteiger partial charge is 0.363 e. The molecule has 1 aliphatic rings. The first-order chi connectivity index (χ1) is 8.74. The second-order valence-corrected chi connectivity index (χ2v) is 4.03. The molecule has 1 unspecified atom stereocenters. The minimum Gasteiger partial charge on any atom is -0.363 e. The summed E-state index contributed by atoms with van der Waals surface area (Å²) < 4.78 is 1.96. The van der Waals surface area contributed by atoms with Crippen LogP contribution in [-0.2, 0) is 6.54 Å². The van der Waals surface area contributed by atoms with Gasteiger partial charge in [-0.2, -0.15) is 0 Å². The SMILES string of the molecule is NC(=O)c1n[nH]c(C2C=Nc3cncn3CC2)n1. The number of carbonyl (C=O) groups excluding carboxylic acids is 1. The van der Waals surface area contributed by atoms with Gasteiger partial charge in [-0.05, 0) is 6.42 Å². The van der Waals surface area contributed by atoms with Gasteiger partial charge >= 0.3 is 0 Å². The lowest BCUT2D eigenvalue weighted by Crippen LogP contribution is -2.13. The highest BCUT2D eigenvalue weighted by Gasteiger charge is 2.19. The molecule has 1 amide bonds. The van der Waals surface area contributed by atoms with E-state index in [4.69, 9.17) is 5.73 Å². The van der Waals surface area contributed by atoms with Gasteiger partial charge in [-0.3, -0.25) is 9.89 Å². The van der Waals surface area contributed by atoms with E-state index in [9.17, 15) is 4.79 Å². The number of nitrogens with zero attached hydrogens (tertiary/aromatic N) is 5. The molecule has 1 atom stereocenters. The number of hydrogen-bond acceptors (Lipinski definition) is 5. The Morgan fingerprint density at radius 2 is 2.44 bits per heavy atom. The second kappa shape index (κ2) is 4.06. The number of amides is 1. The van der Waals surface area contributed by atoms with Gasteiger partial charge in [0.05, 0.1) is 18.4 Å². The van der Waals surface area contributed by atoms with Gasteiger partial charge in [0, 0.05) is 12.8 Å². The maximum atomic E-state index is 10.9. The number of rotatable bonds is 2. The van der Waals surface area contributed by atoms with Crippen LogP contribution >= 0.6 is 0 Å². The summed E-state index contributed by atoms with van der Waals surface area (Å²) in [7, 11) is 0. The fourth-order valence-corrected chi connectivity index (χ4v) is 1.87. The molecule has 0 aromatic carbocycles. The summed E-state index contributed by atoms with van der Waals surface area (Å²) in [5, 5.41) is 6.49. The molecule has 0 saturated heterocycles. The Morgan fingerprint density at radius 1 is 1.56 bits per heavy atom. The molecule has 2 aromatic heterocycles. The average molecular weight is 245 g/mol. The molecular weight excluding hydrogens is 234 g/mol. The van der Waals surface area contributed by atoms with E-state index in [0.29, 0.717) is 5.82 Å². The Labute approximate surface area is 102 Å². The lowest BCUT2D eigenvalue weighted by atomic mass is 10.1. The van der Waals surface area contributed by atoms with Crippen LogP contribution < -0.4 is 5.73 Å². The first-order valence-electron chi connectivity index (χ1n) is 5.50. The molecule has 0 aliphatic carbocycles. The fourth-order valence-electron chi connectivity index (χ4n) is 1.87. The molecule has 1 aliphatic heterocycles. The zero-order valence-corrected chi connectivity index (χ0v) is 9.45. The number of H-pyrrole nitrogens is 1. The maximum Gasteiger partial charge on any atom is 0.288 e. The molecule has 0 bridgehead atoms. The van der Waals surface area contributed by atoms with E-state index < -0.39 is 5.91 Å². The Morgan fingerprint density at radius 3 is 3.22 bits per heavy atom. The van der Waals surface area contributed by atoms with E-state index in [-0.39, 0.29) is 11.7 Å². The van der Waals surface area contributed by atoms with Crippen LogP contribution in [0.15, 0.2) is 17.5 Å². The summed E-state index contributed by atoms with van der Waals surface area (Å²) in [5.74, 6) is 0.770. The predicted octanol–water partition coefficient (Wildman–Crippen LogP) is -0.0101.